The molecule has 0 fully saturated rings. The van der Waals surface area contributed by atoms with Crippen LogP contribution in [-0.4, -0.2) is 13.8 Å². The zero-order valence-electron chi connectivity index (χ0n) is 15.8. The second-order valence-corrected chi connectivity index (χ2v) is 6.65. The molecular weight excluding hydrogens is 317 g/mol. The van der Waals surface area contributed by atoms with Crippen LogP contribution in [0.4, 0.5) is 17.3 Å². The van der Waals surface area contributed by atoms with E-state index in [9.17, 15) is 17.3 Å². The average molecular weight is 357 g/mol. The molecular formula is C18H40BF4N. The normalized spacial score (nSPS) is 11.2. The third-order valence-electron chi connectivity index (χ3n) is 4.10. The number of unbranched alkanes of at least 4 members (excludes halogenated alkanes) is 15. The highest BCUT2D eigenvalue weighted by molar-refractivity contribution is 6.50. The predicted octanol–water partition coefficient (Wildman–Crippen LogP) is 6.79. The van der Waals surface area contributed by atoms with Crippen molar-refractivity contribution < 1.29 is 23.0 Å². The Balaban J connectivity index is 0. The summed E-state index contributed by atoms with van der Waals surface area (Å²) < 4.78 is 39.0. The summed E-state index contributed by atoms with van der Waals surface area (Å²) in [7, 11) is -6.00. The first kappa shape index (κ1) is 26.0. The molecule has 6 heteroatoms. The molecule has 1 nitrogen and oxygen atoms in total. The molecule has 0 spiro atoms. The Kier molecular flexibility index (Phi) is 22.5. The van der Waals surface area contributed by atoms with E-state index in [2.05, 4.69) is 12.7 Å². The van der Waals surface area contributed by atoms with Crippen LogP contribution in [0.5, 0.6) is 0 Å². The summed E-state index contributed by atoms with van der Waals surface area (Å²) in [6.45, 7) is 3.42. The molecule has 0 aromatic carbocycles. The standard InChI is InChI=1S/C18H39N.BF4/c1-2-3-4-5-6-7-8-9-10-11-12-13-14-15-16-17-18-19;2-1(3,4)5/h2-19H2,1H3;/q;-1/p+1. The summed E-state index contributed by atoms with van der Waals surface area (Å²) in [5.41, 5.74) is 3.89. The van der Waals surface area contributed by atoms with Crippen molar-refractivity contribution in [2.45, 2.75) is 110 Å². The Hall–Kier alpha value is -0.255. The van der Waals surface area contributed by atoms with Crippen LogP contribution < -0.4 is 5.73 Å². The second kappa shape index (κ2) is 20.8. The van der Waals surface area contributed by atoms with Crippen LogP contribution in [0.2, 0.25) is 0 Å². The fourth-order valence-electron chi connectivity index (χ4n) is 2.72. The minimum atomic E-state index is -6.00. The number of halogens is 4. The minimum absolute atomic E-state index is 1.12. The molecule has 0 aliphatic heterocycles. The van der Waals surface area contributed by atoms with Crippen molar-refractivity contribution in [3.63, 3.8) is 0 Å². The van der Waals surface area contributed by atoms with E-state index in [1.165, 1.54) is 103 Å². The van der Waals surface area contributed by atoms with Gasteiger partial charge in [-0.05, 0) is 12.8 Å². The molecule has 0 atom stereocenters. The predicted molar refractivity (Wildman–Crippen MR) is 97.5 cm³/mol. The summed E-state index contributed by atoms with van der Waals surface area (Å²) in [5, 5.41) is 0. The summed E-state index contributed by atoms with van der Waals surface area (Å²) in [5.74, 6) is 0. The van der Waals surface area contributed by atoms with Crippen LogP contribution in [0, 0.1) is 0 Å². The van der Waals surface area contributed by atoms with Crippen LogP contribution in [0.15, 0.2) is 0 Å². The molecule has 0 saturated heterocycles. The fraction of sp³-hybridized carbons (Fsp3) is 1.00. The maximum Gasteiger partial charge on any atom is 0.673 e. The third kappa shape index (κ3) is 37.7. The first-order valence-electron chi connectivity index (χ1n) is 10.1. The molecule has 0 amide bonds. The van der Waals surface area contributed by atoms with Crippen molar-refractivity contribution in [1.29, 1.82) is 0 Å². The van der Waals surface area contributed by atoms with Gasteiger partial charge in [-0.15, -0.1) is 0 Å². The van der Waals surface area contributed by atoms with Crippen LogP contribution in [0.1, 0.15) is 110 Å². The van der Waals surface area contributed by atoms with Crippen LogP contribution >= 0.6 is 0 Å². The van der Waals surface area contributed by atoms with Crippen LogP contribution in [0.25, 0.3) is 0 Å². The molecule has 0 aliphatic rings. The lowest BCUT2D eigenvalue weighted by atomic mass is 10.0. The topological polar surface area (TPSA) is 27.6 Å². The lowest BCUT2D eigenvalue weighted by molar-refractivity contribution is -0.368. The van der Waals surface area contributed by atoms with E-state index < -0.39 is 7.25 Å². The van der Waals surface area contributed by atoms with Gasteiger partial charge in [0, 0.05) is 0 Å². The summed E-state index contributed by atoms with van der Waals surface area (Å²) in [4.78, 5) is 0. The van der Waals surface area contributed by atoms with Gasteiger partial charge in [0.25, 0.3) is 0 Å². The first-order chi connectivity index (χ1) is 11.4. The maximum atomic E-state index is 9.75. The number of rotatable bonds is 16. The smallest absolute Gasteiger partial charge is 0.418 e. The van der Waals surface area contributed by atoms with Gasteiger partial charge in [-0.3, -0.25) is 0 Å². The molecule has 0 aromatic heterocycles. The van der Waals surface area contributed by atoms with E-state index in [4.69, 9.17) is 0 Å². The van der Waals surface area contributed by atoms with Gasteiger partial charge in [0.2, 0.25) is 0 Å². The average Bonchev–Trinajstić information content (AvgIpc) is 2.49. The molecule has 3 N–H and O–H groups in total. The van der Waals surface area contributed by atoms with E-state index in [1.54, 1.807) is 0 Å². The zero-order chi connectivity index (χ0) is 18.5. The third-order valence-corrected chi connectivity index (χ3v) is 4.10. The number of hydrogen-bond donors (Lipinski definition) is 1. The highest BCUT2D eigenvalue weighted by Crippen LogP contribution is 2.13. The van der Waals surface area contributed by atoms with Gasteiger partial charge in [0.15, 0.2) is 0 Å². The van der Waals surface area contributed by atoms with Gasteiger partial charge in [-0.25, -0.2) is 0 Å². The Bertz CT molecular complexity index is 204. The maximum absolute atomic E-state index is 9.75. The quantitative estimate of drug-likeness (QED) is 0.179. The Labute approximate surface area is 147 Å². The molecule has 0 saturated carbocycles. The van der Waals surface area contributed by atoms with E-state index in [0.29, 0.717) is 0 Å². The zero-order valence-corrected chi connectivity index (χ0v) is 15.8. The van der Waals surface area contributed by atoms with Crippen molar-refractivity contribution in [1.82, 2.24) is 0 Å². The number of hydrogen-bond acceptors (Lipinski definition) is 0. The van der Waals surface area contributed by atoms with Crippen molar-refractivity contribution in [2.75, 3.05) is 6.54 Å². The lowest BCUT2D eigenvalue weighted by Crippen LogP contribution is -2.50. The molecule has 24 heavy (non-hydrogen) atoms. The van der Waals surface area contributed by atoms with Crippen LogP contribution in [0.3, 0.4) is 0 Å². The molecule has 0 aliphatic carbocycles. The van der Waals surface area contributed by atoms with Crippen molar-refractivity contribution in [3.05, 3.63) is 0 Å². The number of quaternary nitrogens is 1. The van der Waals surface area contributed by atoms with Crippen molar-refractivity contribution in [3.8, 4) is 0 Å². The van der Waals surface area contributed by atoms with Crippen LogP contribution in [-0.2, 0) is 0 Å². The van der Waals surface area contributed by atoms with Gasteiger partial charge in [-0.1, -0.05) is 96.8 Å². The summed E-state index contributed by atoms with van der Waals surface area (Å²) >= 11 is 0. The van der Waals surface area contributed by atoms with E-state index in [-0.39, 0.29) is 0 Å². The molecule has 148 valence electrons. The molecule has 0 bridgehead atoms. The Morgan fingerprint density at radius 1 is 0.500 bits per heavy atom. The molecule has 0 aromatic rings. The van der Waals surface area contributed by atoms with Gasteiger partial charge in [0.05, 0.1) is 6.54 Å². The molecule has 0 heterocycles. The molecule has 0 unspecified atom stereocenters. The SMILES string of the molecule is CCCCCCCCCCCCCCCCCC[NH3+].F[B-](F)(F)F. The Morgan fingerprint density at radius 3 is 0.917 bits per heavy atom. The molecule has 0 rings (SSSR count). The van der Waals surface area contributed by atoms with E-state index in [1.807, 2.05) is 0 Å². The van der Waals surface area contributed by atoms with E-state index in [0.717, 1.165) is 6.54 Å². The monoisotopic (exact) mass is 357 g/mol. The lowest BCUT2D eigenvalue weighted by Gasteiger charge is -2.03. The van der Waals surface area contributed by atoms with Crippen molar-refractivity contribution in [2.24, 2.45) is 0 Å². The second-order valence-electron chi connectivity index (χ2n) is 6.65. The van der Waals surface area contributed by atoms with Gasteiger partial charge in [-0.2, -0.15) is 0 Å². The highest BCUT2D eigenvalue weighted by Gasteiger charge is 2.20. The summed E-state index contributed by atoms with van der Waals surface area (Å²) in [6, 6.07) is 0. The van der Waals surface area contributed by atoms with Crippen molar-refractivity contribution >= 4 is 7.25 Å². The molecule has 0 radical (unpaired) electrons. The fourth-order valence-corrected chi connectivity index (χ4v) is 2.72. The Morgan fingerprint density at radius 2 is 0.708 bits per heavy atom. The van der Waals surface area contributed by atoms with Gasteiger partial charge in [0.1, 0.15) is 0 Å². The van der Waals surface area contributed by atoms with Gasteiger partial charge >= 0.3 is 7.25 Å². The first-order valence-corrected chi connectivity index (χ1v) is 10.1. The highest BCUT2D eigenvalue weighted by atomic mass is 19.5. The summed E-state index contributed by atoms with van der Waals surface area (Å²) in [6.07, 6.45) is 23.2. The largest absolute Gasteiger partial charge is 0.673 e. The van der Waals surface area contributed by atoms with E-state index >= 15 is 0 Å². The minimum Gasteiger partial charge on any atom is -0.418 e. The van der Waals surface area contributed by atoms with Gasteiger partial charge < -0.3 is 23.0 Å².